The second-order valence-corrected chi connectivity index (χ2v) is 4.79. The van der Waals surface area contributed by atoms with E-state index in [1.54, 1.807) is 19.9 Å². The van der Waals surface area contributed by atoms with Crippen molar-refractivity contribution in [2.75, 3.05) is 24.2 Å². The lowest BCUT2D eigenvalue weighted by Gasteiger charge is -2.21. The van der Waals surface area contributed by atoms with Gasteiger partial charge in [0, 0.05) is 18.3 Å². The number of nitrogens with one attached hydrogen (secondary N) is 1. The van der Waals surface area contributed by atoms with Crippen LogP contribution in [0.2, 0.25) is 0 Å². The van der Waals surface area contributed by atoms with E-state index in [2.05, 4.69) is 5.32 Å². The Bertz CT molecular complexity index is 430. The first-order valence-corrected chi connectivity index (χ1v) is 5.93. The molecule has 0 heterocycles. The summed E-state index contributed by atoms with van der Waals surface area (Å²) in [4.78, 5) is 11.2. The second-order valence-electron chi connectivity index (χ2n) is 4.79. The topological polar surface area (TPSA) is 90.4 Å². The molecule has 0 saturated heterocycles. The Morgan fingerprint density at radius 2 is 2.11 bits per heavy atom. The van der Waals surface area contributed by atoms with E-state index >= 15 is 0 Å². The third-order valence-corrected chi connectivity index (χ3v) is 2.71. The summed E-state index contributed by atoms with van der Waals surface area (Å²) in [7, 11) is 0. The third kappa shape index (κ3) is 3.55. The van der Waals surface area contributed by atoms with Gasteiger partial charge >= 0.3 is 0 Å². The number of nitrogens with two attached hydrogens (primary N) is 2. The van der Waals surface area contributed by atoms with Gasteiger partial charge in [0.15, 0.2) is 0 Å². The monoisotopic (exact) mass is 251 g/mol. The molecule has 0 bridgehead atoms. The van der Waals surface area contributed by atoms with Gasteiger partial charge in [-0.25, -0.2) is 0 Å². The minimum atomic E-state index is -0.604. The first-order chi connectivity index (χ1) is 8.36. The number of rotatable bonds is 6. The van der Waals surface area contributed by atoms with E-state index in [-0.39, 0.29) is 5.91 Å². The fourth-order valence-corrected chi connectivity index (χ4v) is 1.33. The van der Waals surface area contributed by atoms with Crippen molar-refractivity contribution in [2.24, 2.45) is 11.1 Å². The first-order valence-electron chi connectivity index (χ1n) is 5.93. The molecule has 0 aliphatic heterocycles. The van der Waals surface area contributed by atoms with Crippen LogP contribution in [0.1, 0.15) is 20.8 Å². The predicted octanol–water partition coefficient (Wildman–Crippen LogP) is 1.59. The molecule has 0 saturated carbocycles. The lowest BCUT2D eigenvalue weighted by Crippen LogP contribution is -2.37. The number of primary amides is 1. The molecule has 5 N–H and O–H groups in total. The summed E-state index contributed by atoms with van der Waals surface area (Å²) in [5.74, 6) is 0.301. The number of nitrogen functional groups attached to an aromatic ring is 1. The lowest BCUT2D eigenvalue weighted by molar-refractivity contribution is -0.125. The minimum Gasteiger partial charge on any atom is -0.492 e. The van der Waals surface area contributed by atoms with Crippen LogP contribution in [0.15, 0.2) is 18.2 Å². The standard InChI is InChI=1S/C13H21N3O2/c1-4-18-11-7-9(5-6-10(11)14)16-8-13(2,3)12(15)17/h5-7,16H,4,8,14H2,1-3H3,(H2,15,17). The van der Waals surface area contributed by atoms with Crippen molar-refractivity contribution < 1.29 is 9.53 Å². The van der Waals surface area contributed by atoms with Crippen molar-refractivity contribution in [3.8, 4) is 5.75 Å². The SMILES string of the molecule is CCOc1cc(NCC(C)(C)C(N)=O)ccc1N. The number of benzene rings is 1. The molecule has 1 rings (SSSR count). The number of ether oxygens (including phenoxy) is 1. The maximum atomic E-state index is 11.2. The van der Waals surface area contributed by atoms with Gasteiger partial charge in [-0.3, -0.25) is 4.79 Å². The summed E-state index contributed by atoms with van der Waals surface area (Å²) in [5.41, 5.74) is 11.9. The highest BCUT2D eigenvalue weighted by molar-refractivity contribution is 5.80. The molecular weight excluding hydrogens is 230 g/mol. The highest BCUT2D eigenvalue weighted by atomic mass is 16.5. The smallest absolute Gasteiger partial charge is 0.224 e. The lowest BCUT2D eigenvalue weighted by atomic mass is 9.92. The number of hydrogen-bond acceptors (Lipinski definition) is 4. The van der Waals surface area contributed by atoms with E-state index < -0.39 is 5.41 Å². The molecule has 18 heavy (non-hydrogen) atoms. The van der Waals surface area contributed by atoms with Gasteiger partial charge in [-0.2, -0.15) is 0 Å². The van der Waals surface area contributed by atoms with Crippen LogP contribution in [0.4, 0.5) is 11.4 Å². The van der Waals surface area contributed by atoms with Crippen molar-refractivity contribution in [3.05, 3.63) is 18.2 Å². The Morgan fingerprint density at radius 1 is 1.44 bits per heavy atom. The largest absolute Gasteiger partial charge is 0.492 e. The maximum Gasteiger partial charge on any atom is 0.224 e. The number of carbonyl (C=O) groups is 1. The van der Waals surface area contributed by atoms with Gasteiger partial charge in [0.2, 0.25) is 5.91 Å². The highest BCUT2D eigenvalue weighted by Gasteiger charge is 2.24. The number of amides is 1. The van der Waals surface area contributed by atoms with Crippen LogP contribution in [0, 0.1) is 5.41 Å². The van der Waals surface area contributed by atoms with Crippen molar-refractivity contribution in [1.29, 1.82) is 0 Å². The van der Waals surface area contributed by atoms with Gasteiger partial charge in [0.05, 0.1) is 17.7 Å². The molecule has 0 unspecified atom stereocenters. The van der Waals surface area contributed by atoms with Gasteiger partial charge in [0.1, 0.15) is 5.75 Å². The molecule has 1 aromatic rings. The van der Waals surface area contributed by atoms with E-state index in [1.807, 2.05) is 19.1 Å². The van der Waals surface area contributed by atoms with E-state index in [0.29, 0.717) is 24.6 Å². The molecule has 0 aliphatic carbocycles. The summed E-state index contributed by atoms with van der Waals surface area (Å²) in [6, 6.07) is 5.43. The molecule has 0 fully saturated rings. The Kier molecular flexibility index (Phi) is 4.42. The normalized spacial score (nSPS) is 11.1. The minimum absolute atomic E-state index is 0.338. The van der Waals surface area contributed by atoms with E-state index in [9.17, 15) is 4.79 Å². The molecule has 0 aliphatic rings. The van der Waals surface area contributed by atoms with Crippen LogP contribution < -0.4 is 21.5 Å². The summed E-state index contributed by atoms with van der Waals surface area (Å²) in [6.07, 6.45) is 0. The van der Waals surface area contributed by atoms with Crippen molar-refractivity contribution in [3.63, 3.8) is 0 Å². The third-order valence-electron chi connectivity index (χ3n) is 2.71. The molecule has 1 aromatic carbocycles. The zero-order valence-electron chi connectivity index (χ0n) is 11.1. The predicted molar refractivity (Wildman–Crippen MR) is 73.5 cm³/mol. The van der Waals surface area contributed by atoms with Crippen LogP contribution in [0.3, 0.4) is 0 Å². The number of anilines is 2. The van der Waals surface area contributed by atoms with Gasteiger partial charge in [-0.1, -0.05) is 0 Å². The van der Waals surface area contributed by atoms with Gasteiger partial charge in [0.25, 0.3) is 0 Å². The molecule has 0 radical (unpaired) electrons. The summed E-state index contributed by atoms with van der Waals surface area (Å²) in [5, 5.41) is 3.16. The van der Waals surface area contributed by atoms with Crippen molar-refractivity contribution in [2.45, 2.75) is 20.8 Å². The molecule has 100 valence electrons. The molecule has 1 amide bonds. The molecule has 5 nitrogen and oxygen atoms in total. The van der Waals surface area contributed by atoms with E-state index in [4.69, 9.17) is 16.2 Å². The van der Waals surface area contributed by atoms with Gasteiger partial charge in [-0.15, -0.1) is 0 Å². The molecule has 5 heteroatoms. The molecule has 0 aromatic heterocycles. The Balaban J connectivity index is 2.74. The highest BCUT2D eigenvalue weighted by Crippen LogP contribution is 2.26. The van der Waals surface area contributed by atoms with Crippen LogP contribution in [0.25, 0.3) is 0 Å². The summed E-state index contributed by atoms with van der Waals surface area (Å²) < 4.78 is 5.40. The Labute approximate surface area is 107 Å². The molecule has 0 spiro atoms. The van der Waals surface area contributed by atoms with Crippen LogP contribution >= 0.6 is 0 Å². The molecule has 0 atom stereocenters. The van der Waals surface area contributed by atoms with Crippen molar-refractivity contribution >= 4 is 17.3 Å². The van der Waals surface area contributed by atoms with Gasteiger partial charge in [-0.05, 0) is 32.9 Å². The fraction of sp³-hybridized carbons (Fsp3) is 0.462. The number of hydrogen-bond donors (Lipinski definition) is 3. The molecular formula is C13H21N3O2. The van der Waals surface area contributed by atoms with Crippen LogP contribution in [-0.4, -0.2) is 19.1 Å². The first kappa shape index (κ1) is 14.2. The maximum absolute atomic E-state index is 11.2. The van der Waals surface area contributed by atoms with E-state index in [1.165, 1.54) is 0 Å². The average Bonchev–Trinajstić information content (AvgIpc) is 2.30. The Hall–Kier alpha value is -1.91. The van der Waals surface area contributed by atoms with Crippen molar-refractivity contribution in [1.82, 2.24) is 0 Å². The van der Waals surface area contributed by atoms with E-state index in [0.717, 1.165) is 5.69 Å². The van der Waals surface area contributed by atoms with Crippen LogP contribution in [-0.2, 0) is 4.79 Å². The zero-order valence-corrected chi connectivity index (χ0v) is 11.1. The summed E-state index contributed by atoms with van der Waals surface area (Å²) >= 11 is 0. The van der Waals surface area contributed by atoms with Gasteiger partial charge < -0.3 is 21.5 Å². The average molecular weight is 251 g/mol. The fourth-order valence-electron chi connectivity index (χ4n) is 1.33. The Morgan fingerprint density at radius 3 is 2.67 bits per heavy atom. The second kappa shape index (κ2) is 5.62. The zero-order chi connectivity index (χ0) is 13.8. The number of carbonyl (C=O) groups excluding carboxylic acids is 1. The van der Waals surface area contributed by atoms with Crippen LogP contribution in [0.5, 0.6) is 5.75 Å². The summed E-state index contributed by atoms with van der Waals surface area (Å²) in [6.45, 7) is 6.50. The quantitative estimate of drug-likeness (QED) is 0.670.